The lowest BCUT2D eigenvalue weighted by Gasteiger charge is -2.07. The van der Waals surface area contributed by atoms with E-state index in [2.05, 4.69) is 9.97 Å². The third-order valence-electron chi connectivity index (χ3n) is 5.13. The fourth-order valence-electron chi connectivity index (χ4n) is 3.49. The van der Waals surface area contributed by atoms with Crippen molar-refractivity contribution in [1.82, 2.24) is 19.1 Å². The van der Waals surface area contributed by atoms with Crippen LogP contribution in [-0.4, -0.2) is 19.1 Å². The molecule has 1 aromatic carbocycles. The Morgan fingerprint density at radius 1 is 1.20 bits per heavy atom. The number of hydrogen-bond donors (Lipinski definition) is 1. The largest absolute Gasteiger partial charge is 0.486 e. The number of aromatic amines is 1. The molecule has 0 aliphatic heterocycles. The summed E-state index contributed by atoms with van der Waals surface area (Å²) in [6.45, 7) is 4.42. The Labute approximate surface area is 170 Å². The number of aromatic nitrogens is 4. The van der Waals surface area contributed by atoms with Crippen LogP contribution < -0.4 is 21.6 Å². The van der Waals surface area contributed by atoms with Gasteiger partial charge in [0.15, 0.2) is 11.2 Å². The molecule has 4 rings (SSSR count). The second-order valence-corrected chi connectivity index (χ2v) is 7.22. The van der Waals surface area contributed by atoms with Crippen LogP contribution in [0.3, 0.4) is 0 Å². The zero-order valence-corrected chi connectivity index (χ0v) is 17.0. The molecule has 0 amide bonds. The summed E-state index contributed by atoms with van der Waals surface area (Å²) in [7, 11) is 1.71. The number of hydrogen-bond acceptors (Lipinski definition) is 6. The van der Waals surface area contributed by atoms with Crippen molar-refractivity contribution in [2.45, 2.75) is 39.8 Å². The Morgan fingerprint density at radius 3 is 2.77 bits per heavy atom. The van der Waals surface area contributed by atoms with Crippen LogP contribution in [0.5, 0.6) is 5.75 Å². The van der Waals surface area contributed by atoms with Crippen LogP contribution in [0.25, 0.3) is 22.1 Å². The molecule has 9 heteroatoms. The fourth-order valence-corrected chi connectivity index (χ4v) is 3.49. The molecule has 3 aromatic heterocycles. The van der Waals surface area contributed by atoms with Crippen molar-refractivity contribution in [2.24, 2.45) is 7.05 Å². The van der Waals surface area contributed by atoms with Gasteiger partial charge in [0.2, 0.25) is 0 Å². The van der Waals surface area contributed by atoms with E-state index in [1.54, 1.807) is 23.7 Å². The highest BCUT2D eigenvalue weighted by Crippen LogP contribution is 2.23. The van der Waals surface area contributed by atoms with Crippen LogP contribution in [0.4, 0.5) is 0 Å². The van der Waals surface area contributed by atoms with Gasteiger partial charge in [-0.15, -0.1) is 0 Å². The van der Waals surface area contributed by atoms with Gasteiger partial charge >= 0.3 is 11.3 Å². The highest BCUT2D eigenvalue weighted by Gasteiger charge is 2.17. The molecule has 0 aliphatic carbocycles. The van der Waals surface area contributed by atoms with Crippen molar-refractivity contribution >= 4 is 22.1 Å². The van der Waals surface area contributed by atoms with Crippen LogP contribution in [0, 0.1) is 6.92 Å². The number of fused-ring (bicyclic) bond motifs is 2. The van der Waals surface area contributed by atoms with Crippen molar-refractivity contribution in [3.05, 3.63) is 66.9 Å². The van der Waals surface area contributed by atoms with Gasteiger partial charge in [0.25, 0.3) is 5.56 Å². The molecular formula is C21H22N4O5. The third kappa shape index (κ3) is 3.42. The first-order valence-electron chi connectivity index (χ1n) is 9.74. The minimum atomic E-state index is -0.480. The molecule has 0 bridgehead atoms. The molecule has 0 aliphatic rings. The summed E-state index contributed by atoms with van der Waals surface area (Å²) in [5, 5.41) is 0.830. The summed E-state index contributed by atoms with van der Waals surface area (Å²) in [5.74, 6) is 0.998. The van der Waals surface area contributed by atoms with E-state index in [4.69, 9.17) is 9.15 Å². The lowest BCUT2D eigenvalue weighted by Crippen LogP contribution is -2.31. The van der Waals surface area contributed by atoms with Crippen molar-refractivity contribution in [3.63, 3.8) is 0 Å². The third-order valence-corrected chi connectivity index (χ3v) is 5.13. The fraction of sp³-hybridized carbons (Fsp3) is 0.333. The van der Waals surface area contributed by atoms with E-state index in [0.29, 0.717) is 34.9 Å². The van der Waals surface area contributed by atoms with E-state index in [1.165, 1.54) is 10.6 Å². The number of ether oxygens (including phenoxy) is 1. The number of unbranched alkanes of at least 4 members (excludes halogenated alkanes) is 1. The van der Waals surface area contributed by atoms with Crippen LogP contribution in [0.1, 0.15) is 31.2 Å². The van der Waals surface area contributed by atoms with Crippen LogP contribution in [0.15, 0.2) is 43.1 Å². The van der Waals surface area contributed by atoms with Crippen LogP contribution in [0.2, 0.25) is 0 Å². The molecule has 0 fully saturated rings. The minimum Gasteiger partial charge on any atom is -0.486 e. The molecular weight excluding hydrogens is 388 g/mol. The molecule has 0 atom stereocenters. The highest BCUT2D eigenvalue weighted by atomic mass is 16.5. The SMILES string of the molecule is CCCCn1c(=O)[nH]c(=O)c2c1nc(COc1ccc3c(C)cc(=O)oc3c1)n2C. The summed E-state index contributed by atoms with van der Waals surface area (Å²) in [6, 6.07) is 6.70. The standard InChI is InChI=1S/C21H22N4O5/c1-4-5-8-25-19-18(20(27)23-21(25)28)24(3)16(22-19)11-29-13-6-7-14-12(2)9-17(26)30-15(14)10-13/h6-7,9-10H,4-5,8,11H2,1-3H3,(H,23,27,28). The second-order valence-electron chi connectivity index (χ2n) is 7.22. The molecule has 0 saturated carbocycles. The smallest absolute Gasteiger partial charge is 0.336 e. The van der Waals surface area contributed by atoms with Gasteiger partial charge < -0.3 is 13.7 Å². The molecule has 4 aromatic rings. The predicted octanol–water partition coefficient (Wildman–Crippen LogP) is 2.22. The molecule has 0 saturated heterocycles. The van der Waals surface area contributed by atoms with Crippen molar-refractivity contribution < 1.29 is 9.15 Å². The molecule has 3 heterocycles. The minimum absolute atomic E-state index is 0.0775. The Balaban J connectivity index is 1.69. The lowest BCUT2D eigenvalue weighted by molar-refractivity contribution is 0.292. The molecule has 0 unspecified atom stereocenters. The van der Waals surface area contributed by atoms with E-state index >= 15 is 0 Å². The maximum Gasteiger partial charge on any atom is 0.336 e. The van der Waals surface area contributed by atoms with E-state index in [-0.39, 0.29) is 6.61 Å². The Bertz CT molecular complexity index is 1420. The summed E-state index contributed by atoms with van der Waals surface area (Å²) in [5.41, 5.74) is 0.567. The van der Waals surface area contributed by atoms with Gasteiger partial charge in [0, 0.05) is 31.1 Å². The van der Waals surface area contributed by atoms with Crippen LogP contribution in [-0.2, 0) is 20.2 Å². The summed E-state index contributed by atoms with van der Waals surface area (Å²) >= 11 is 0. The maximum absolute atomic E-state index is 12.3. The zero-order chi connectivity index (χ0) is 21.4. The van der Waals surface area contributed by atoms with Gasteiger partial charge in [0.1, 0.15) is 23.8 Å². The van der Waals surface area contributed by atoms with Gasteiger partial charge in [-0.25, -0.2) is 14.6 Å². The first-order chi connectivity index (χ1) is 14.4. The molecule has 0 spiro atoms. The van der Waals surface area contributed by atoms with E-state index in [9.17, 15) is 14.4 Å². The van der Waals surface area contributed by atoms with Crippen molar-refractivity contribution in [1.29, 1.82) is 0 Å². The van der Waals surface area contributed by atoms with E-state index < -0.39 is 16.9 Å². The first-order valence-corrected chi connectivity index (χ1v) is 9.74. The summed E-state index contributed by atoms with van der Waals surface area (Å²) < 4.78 is 14.2. The average molecular weight is 410 g/mol. The number of nitrogens with zero attached hydrogens (tertiary/aromatic N) is 3. The second kappa shape index (κ2) is 7.66. The maximum atomic E-state index is 12.3. The van der Waals surface area contributed by atoms with Gasteiger partial charge in [-0.1, -0.05) is 13.3 Å². The van der Waals surface area contributed by atoms with Gasteiger partial charge in [-0.3, -0.25) is 14.3 Å². The number of rotatable bonds is 6. The Kier molecular flexibility index (Phi) is 5.03. The molecule has 30 heavy (non-hydrogen) atoms. The highest BCUT2D eigenvalue weighted by molar-refractivity contribution is 5.81. The Hall–Kier alpha value is -3.62. The van der Waals surface area contributed by atoms with Gasteiger partial charge in [0.05, 0.1) is 0 Å². The lowest BCUT2D eigenvalue weighted by atomic mass is 10.1. The van der Waals surface area contributed by atoms with Gasteiger partial charge in [-0.05, 0) is 31.0 Å². The topological polar surface area (TPSA) is 112 Å². The molecule has 0 radical (unpaired) electrons. The molecule has 9 nitrogen and oxygen atoms in total. The monoisotopic (exact) mass is 410 g/mol. The molecule has 156 valence electrons. The average Bonchev–Trinajstić information content (AvgIpc) is 3.02. The number of imidazole rings is 1. The zero-order valence-electron chi connectivity index (χ0n) is 17.0. The molecule has 1 N–H and O–H groups in total. The van der Waals surface area contributed by atoms with Crippen molar-refractivity contribution in [3.8, 4) is 5.75 Å². The van der Waals surface area contributed by atoms with E-state index in [1.807, 2.05) is 19.9 Å². The quantitative estimate of drug-likeness (QED) is 0.488. The summed E-state index contributed by atoms with van der Waals surface area (Å²) in [6.07, 6.45) is 1.71. The first kappa shape index (κ1) is 19.7. The predicted molar refractivity (Wildman–Crippen MR) is 112 cm³/mol. The number of benzene rings is 1. The van der Waals surface area contributed by atoms with Gasteiger partial charge in [-0.2, -0.15) is 0 Å². The number of H-pyrrole nitrogens is 1. The number of aryl methyl sites for hydroxylation is 3. The number of nitrogens with one attached hydrogen (secondary N) is 1. The van der Waals surface area contributed by atoms with Crippen LogP contribution >= 0.6 is 0 Å². The summed E-state index contributed by atoms with van der Waals surface area (Å²) in [4.78, 5) is 43.0. The Morgan fingerprint density at radius 2 is 2.00 bits per heavy atom. The normalized spacial score (nSPS) is 11.4. The van der Waals surface area contributed by atoms with Crippen molar-refractivity contribution in [2.75, 3.05) is 0 Å². The van der Waals surface area contributed by atoms with E-state index in [0.717, 1.165) is 23.8 Å².